The summed E-state index contributed by atoms with van der Waals surface area (Å²) in [6.45, 7) is 1.73. The zero-order valence-electron chi connectivity index (χ0n) is 17.2. The summed E-state index contributed by atoms with van der Waals surface area (Å²) in [7, 11) is 0. The lowest BCUT2D eigenvalue weighted by Gasteiger charge is -2.10. The fraction of sp³-hybridized carbons (Fsp3) is 0.167. The summed E-state index contributed by atoms with van der Waals surface area (Å²) in [5.74, 6) is -1.09. The molecule has 0 fully saturated rings. The average molecular weight is 494 g/mol. The first-order chi connectivity index (χ1) is 15.5. The summed E-state index contributed by atoms with van der Waals surface area (Å²) in [5.41, 5.74) is 3.35. The van der Waals surface area contributed by atoms with Crippen LogP contribution in [0.2, 0.25) is 0 Å². The number of para-hydroxylation sites is 1. The number of carbonyl (C=O) groups is 2. The van der Waals surface area contributed by atoms with E-state index in [0.717, 1.165) is 31.2 Å². The minimum Gasteiger partial charge on any atom is -0.376 e. The summed E-state index contributed by atoms with van der Waals surface area (Å²) < 4.78 is 4.46. The molecule has 2 aromatic carbocycles. The van der Waals surface area contributed by atoms with E-state index in [0.29, 0.717) is 17.7 Å². The molecule has 0 unspecified atom stereocenters. The largest absolute Gasteiger partial charge is 0.376 e. The molecule has 32 heavy (non-hydrogen) atoms. The number of aryl methyl sites for hydroxylation is 1. The number of halogens is 1. The van der Waals surface area contributed by atoms with Crippen LogP contribution in [0.4, 0.5) is 0 Å². The van der Waals surface area contributed by atoms with Crippen molar-refractivity contribution in [2.75, 3.05) is 6.73 Å². The lowest BCUT2D eigenvalue weighted by Crippen LogP contribution is -2.32. The van der Waals surface area contributed by atoms with Crippen molar-refractivity contribution in [3.05, 3.63) is 70.5 Å². The third-order valence-corrected chi connectivity index (χ3v) is 6.47. The van der Waals surface area contributed by atoms with Gasteiger partial charge in [0.2, 0.25) is 0 Å². The highest BCUT2D eigenvalue weighted by molar-refractivity contribution is 9.10. The van der Waals surface area contributed by atoms with Crippen molar-refractivity contribution in [1.29, 1.82) is 0 Å². The van der Waals surface area contributed by atoms with Crippen LogP contribution < -0.4 is 0 Å². The van der Waals surface area contributed by atoms with E-state index in [2.05, 4.69) is 15.9 Å². The Bertz CT molecular complexity index is 1450. The van der Waals surface area contributed by atoms with Crippen molar-refractivity contribution >= 4 is 60.7 Å². The molecule has 0 radical (unpaired) electrons. The van der Waals surface area contributed by atoms with Gasteiger partial charge in [0.15, 0.2) is 0 Å². The topological polar surface area (TPSA) is 87.7 Å². The van der Waals surface area contributed by atoms with Gasteiger partial charge in [-0.15, -0.1) is 0 Å². The minimum atomic E-state index is -0.709. The Morgan fingerprint density at radius 1 is 0.812 bits per heavy atom. The first-order valence-electron chi connectivity index (χ1n) is 10.2. The molecule has 0 aliphatic carbocycles. The van der Waals surface area contributed by atoms with Gasteiger partial charge < -0.3 is 19.3 Å². The second kappa shape index (κ2) is 7.74. The number of hydrogen-bond acceptors (Lipinski definition) is 4. The number of carbonyl (C=O) groups excluding carboxylic acids is 2. The predicted molar refractivity (Wildman–Crippen MR) is 125 cm³/mol. The van der Waals surface area contributed by atoms with Gasteiger partial charge in [-0.25, -0.2) is 0 Å². The van der Waals surface area contributed by atoms with Crippen LogP contribution in [0.3, 0.4) is 0 Å². The van der Waals surface area contributed by atoms with Gasteiger partial charge in [0.25, 0.3) is 11.8 Å². The van der Waals surface area contributed by atoms with Crippen LogP contribution in [-0.4, -0.2) is 42.8 Å². The third-order valence-electron chi connectivity index (χ3n) is 5.97. The smallest absolute Gasteiger partial charge is 0.264 e. The molecule has 5 rings (SSSR count). The highest BCUT2D eigenvalue weighted by atomic mass is 79.9. The van der Waals surface area contributed by atoms with Crippen molar-refractivity contribution in [2.45, 2.75) is 20.2 Å². The molecule has 2 amide bonds. The van der Waals surface area contributed by atoms with Gasteiger partial charge in [-0.3, -0.25) is 14.5 Å². The number of amides is 2. The SMILES string of the molecule is CCn1cc(C2=C(c3cn(CO)c4ccc(Br)cc34)C(=O)N(CO)C2=O)c2ccccc21. The van der Waals surface area contributed by atoms with Gasteiger partial charge in [0.1, 0.15) is 13.5 Å². The van der Waals surface area contributed by atoms with Crippen LogP contribution in [0.15, 0.2) is 59.3 Å². The number of nitrogens with zero attached hydrogens (tertiary/aromatic N) is 3. The molecule has 162 valence electrons. The van der Waals surface area contributed by atoms with Crippen LogP contribution >= 0.6 is 15.9 Å². The molecule has 2 N–H and O–H groups in total. The van der Waals surface area contributed by atoms with Crippen molar-refractivity contribution < 1.29 is 19.8 Å². The van der Waals surface area contributed by atoms with E-state index in [4.69, 9.17) is 0 Å². The summed E-state index contributed by atoms with van der Waals surface area (Å²) in [6, 6.07) is 13.3. The van der Waals surface area contributed by atoms with Gasteiger partial charge in [0, 0.05) is 50.8 Å². The first kappa shape index (κ1) is 20.7. The Kier molecular flexibility index (Phi) is 5.00. The summed E-state index contributed by atoms with van der Waals surface area (Å²) in [5, 5.41) is 21.3. The third kappa shape index (κ3) is 2.87. The van der Waals surface area contributed by atoms with E-state index in [1.165, 1.54) is 0 Å². The van der Waals surface area contributed by atoms with Gasteiger partial charge in [-0.1, -0.05) is 34.1 Å². The van der Waals surface area contributed by atoms with Crippen LogP contribution in [0.25, 0.3) is 33.0 Å². The number of aromatic nitrogens is 2. The zero-order valence-corrected chi connectivity index (χ0v) is 18.8. The molecule has 0 saturated carbocycles. The number of fused-ring (bicyclic) bond motifs is 2. The summed E-state index contributed by atoms with van der Waals surface area (Å²) >= 11 is 3.47. The molecule has 0 saturated heterocycles. The van der Waals surface area contributed by atoms with Gasteiger partial charge in [-0.2, -0.15) is 0 Å². The monoisotopic (exact) mass is 493 g/mol. The standard InChI is InChI=1S/C24H20BrN3O4/c1-2-26-10-17(15-5-3-4-6-19(15)26)21-22(24(32)28(13-30)23(21)31)18-11-27(12-29)20-8-7-14(25)9-16(18)20/h3-11,29-30H,2,12-13H2,1H3. The Morgan fingerprint density at radius 3 is 2.09 bits per heavy atom. The van der Waals surface area contributed by atoms with Crippen LogP contribution in [0.1, 0.15) is 18.1 Å². The molecule has 0 bridgehead atoms. The fourth-order valence-electron chi connectivity index (χ4n) is 4.50. The molecular formula is C24H20BrN3O4. The molecule has 1 aliphatic rings. The van der Waals surface area contributed by atoms with E-state index in [-0.39, 0.29) is 17.9 Å². The average Bonchev–Trinajstić information content (AvgIpc) is 3.42. The molecule has 3 heterocycles. The van der Waals surface area contributed by atoms with E-state index in [1.807, 2.05) is 60.2 Å². The highest BCUT2D eigenvalue weighted by Crippen LogP contribution is 2.42. The lowest BCUT2D eigenvalue weighted by molar-refractivity contribution is -0.139. The molecule has 0 atom stereocenters. The zero-order chi connectivity index (χ0) is 22.6. The van der Waals surface area contributed by atoms with Gasteiger partial charge >= 0.3 is 0 Å². The molecule has 8 heteroatoms. The van der Waals surface area contributed by atoms with Gasteiger partial charge in [0.05, 0.1) is 16.7 Å². The number of aliphatic hydroxyl groups is 2. The number of aliphatic hydroxyl groups excluding tert-OH is 2. The maximum absolute atomic E-state index is 13.4. The van der Waals surface area contributed by atoms with Gasteiger partial charge in [-0.05, 0) is 31.2 Å². The number of rotatable bonds is 5. The summed E-state index contributed by atoms with van der Waals surface area (Å²) in [6.07, 6.45) is 3.56. The molecule has 2 aromatic heterocycles. The predicted octanol–water partition coefficient (Wildman–Crippen LogP) is 3.56. The quantitative estimate of drug-likeness (QED) is 0.416. The van der Waals surface area contributed by atoms with Crippen LogP contribution in [-0.2, 0) is 22.9 Å². The maximum atomic E-state index is 13.4. The second-order valence-corrected chi connectivity index (χ2v) is 8.51. The normalized spacial score (nSPS) is 14.6. The molecular weight excluding hydrogens is 474 g/mol. The molecule has 1 aliphatic heterocycles. The van der Waals surface area contributed by atoms with Crippen LogP contribution in [0.5, 0.6) is 0 Å². The molecule has 0 spiro atoms. The second-order valence-electron chi connectivity index (χ2n) is 7.59. The number of imide groups is 1. The van der Waals surface area contributed by atoms with E-state index in [9.17, 15) is 19.8 Å². The maximum Gasteiger partial charge on any atom is 0.264 e. The lowest BCUT2D eigenvalue weighted by atomic mass is 9.95. The number of hydrogen-bond donors (Lipinski definition) is 2. The van der Waals surface area contributed by atoms with E-state index >= 15 is 0 Å². The van der Waals surface area contributed by atoms with Crippen molar-refractivity contribution in [2.24, 2.45) is 0 Å². The fourth-order valence-corrected chi connectivity index (χ4v) is 4.86. The van der Waals surface area contributed by atoms with E-state index < -0.39 is 18.5 Å². The Balaban J connectivity index is 1.89. The molecule has 4 aromatic rings. The highest BCUT2D eigenvalue weighted by Gasteiger charge is 2.41. The van der Waals surface area contributed by atoms with Crippen molar-refractivity contribution in [1.82, 2.24) is 14.0 Å². The minimum absolute atomic E-state index is 0.221. The molecule has 7 nitrogen and oxygen atoms in total. The van der Waals surface area contributed by atoms with Crippen molar-refractivity contribution in [3.8, 4) is 0 Å². The summed E-state index contributed by atoms with van der Waals surface area (Å²) in [4.78, 5) is 27.6. The number of benzene rings is 2. The first-order valence-corrected chi connectivity index (χ1v) is 11.0. The Hall–Kier alpha value is -3.20. The van der Waals surface area contributed by atoms with E-state index in [1.54, 1.807) is 10.8 Å². The Labute approximate surface area is 191 Å². The van der Waals surface area contributed by atoms with Crippen LogP contribution in [0, 0.1) is 0 Å². The Morgan fingerprint density at radius 2 is 1.44 bits per heavy atom. The van der Waals surface area contributed by atoms with Crippen molar-refractivity contribution in [3.63, 3.8) is 0 Å².